The predicted molar refractivity (Wildman–Crippen MR) is 71.5 cm³/mol. The van der Waals surface area contributed by atoms with Gasteiger partial charge in [-0.15, -0.1) is 0 Å². The predicted octanol–water partition coefficient (Wildman–Crippen LogP) is 4.85. The van der Waals surface area contributed by atoms with Crippen LogP contribution in [0.1, 0.15) is 11.1 Å². The van der Waals surface area contributed by atoms with Crippen LogP contribution in [0.2, 0.25) is 10.2 Å². The van der Waals surface area contributed by atoms with Gasteiger partial charge in [-0.05, 0) is 25.1 Å². The van der Waals surface area contributed by atoms with Crippen molar-refractivity contribution in [3.63, 3.8) is 0 Å². The van der Waals surface area contributed by atoms with Crippen LogP contribution in [0.25, 0.3) is 0 Å². The van der Waals surface area contributed by atoms with Crippen LogP contribution < -0.4 is 5.32 Å². The van der Waals surface area contributed by atoms with Crippen LogP contribution in [0.15, 0.2) is 24.5 Å². The van der Waals surface area contributed by atoms with Crippen molar-refractivity contribution in [1.29, 1.82) is 0 Å². The van der Waals surface area contributed by atoms with Crippen molar-refractivity contribution >= 4 is 34.7 Å². The molecular formula is C12H8Cl2F3N3. The van der Waals surface area contributed by atoms with Crippen LogP contribution in [0.5, 0.6) is 0 Å². The molecule has 1 aromatic heterocycles. The SMILES string of the molecule is Cc1c(Cl)ncnc1Nc1ccc(Cl)cc1C(F)(F)F. The minimum absolute atomic E-state index is 0.000293. The zero-order valence-corrected chi connectivity index (χ0v) is 11.6. The summed E-state index contributed by atoms with van der Waals surface area (Å²) in [6.07, 6.45) is -3.36. The summed E-state index contributed by atoms with van der Waals surface area (Å²) in [7, 11) is 0. The van der Waals surface area contributed by atoms with Gasteiger partial charge in [-0.25, -0.2) is 9.97 Å². The van der Waals surface area contributed by atoms with E-state index in [0.29, 0.717) is 5.56 Å². The second-order valence-corrected chi connectivity index (χ2v) is 4.75. The molecule has 8 heteroatoms. The molecule has 2 aromatic rings. The molecule has 0 saturated carbocycles. The van der Waals surface area contributed by atoms with Gasteiger partial charge in [0.2, 0.25) is 0 Å². The molecule has 0 amide bonds. The van der Waals surface area contributed by atoms with E-state index in [1.54, 1.807) is 6.92 Å². The van der Waals surface area contributed by atoms with Gasteiger partial charge in [-0.1, -0.05) is 23.2 Å². The zero-order chi connectivity index (χ0) is 14.9. The summed E-state index contributed by atoms with van der Waals surface area (Å²) < 4.78 is 38.9. The molecule has 0 unspecified atom stereocenters. The van der Waals surface area contributed by atoms with Gasteiger partial charge in [-0.3, -0.25) is 0 Å². The normalized spacial score (nSPS) is 11.5. The monoisotopic (exact) mass is 321 g/mol. The first-order chi connectivity index (χ1) is 9.29. The number of nitrogens with zero attached hydrogens (tertiary/aromatic N) is 2. The number of hydrogen-bond acceptors (Lipinski definition) is 3. The quantitative estimate of drug-likeness (QED) is 0.803. The van der Waals surface area contributed by atoms with Gasteiger partial charge in [0.15, 0.2) is 0 Å². The molecule has 0 atom stereocenters. The molecule has 1 heterocycles. The highest BCUT2D eigenvalue weighted by atomic mass is 35.5. The highest BCUT2D eigenvalue weighted by Crippen LogP contribution is 2.37. The Morgan fingerprint density at radius 1 is 1.15 bits per heavy atom. The summed E-state index contributed by atoms with van der Waals surface area (Å²) >= 11 is 11.4. The smallest absolute Gasteiger partial charge is 0.339 e. The molecule has 0 spiro atoms. The molecule has 2 rings (SSSR count). The average molecular weight is 322 g/mol. The Morgan fingerprint density at radius 3 is 2.50 bits per heavy atom. The summed E-state index contributed by atoms with van der Waals surface area (Å²) in [4.78, 5) is 7.61. The van der Waals surface area contributed by atoms with E-state index in [-0.39, 0.29) is 21.7 Å². The lowest BCUT2D eigenvalue weighted by atomic mass is 10.1. The van der Waals surface area contributed by atoms with Gasteiger partial charge in [0.1, 0.15) is 17.3 Å². The summed E-state index contributed by atoms with van der Waals surface area (Å²) in [5.74, 6) is 0.206. The van der Waals surface area contributed by atoms with Crippen molar-refractivity contribution in [2.24, 2.45) is 0 Å². The standard InChI is InChI=1S/C12H8Cl2F3N3/c1-6-10(14)18-5-19-11(6)20-9-3-2-7(13)4-8(9)12(15,16)17/h2-5H,1H3,(H,18,19,20). The number of alkyl halides is 3. The van der Waals surface area contributed by atoms with E-state index < -0.39 is 11.7 Å². The van der Waals surface area contributed by atoms with Crippen molar-refractivity contribution in [3.8, 4) is 0 Å². The van der Waals surface area contributed by atoms with Gasteiger partial charge in [0, 0.05) is 10.6 Å². The lowest BCUT2D eigenvalue weighted by Crippen LogP contribution is -2.10. The molecule has 0 fully saturated rings. The minimum Gasteiger partial charge on any atom is -0.339 e. The van der Waals surface area contributed by atoms with Crippen molar-refractivity contribution in [2.45, 2.75) is 13.1 Å². The topological polar surface area (TPSA) is 37.8 Å². The average Bonchev–Trinajstić information content (AvgIpc) is 2.36. The number of halogens is 5. The molecule has 1 aromatic carbocycles. The molecule has 3 nitrogen and oxygen atoms in total. The number of anilines is 2. The van der Waals surface area contributed by atoms with Gasteiger partial charge in [0.25, 0.3) is 0 Å². The Labute approximate surface area is 122 Å². The first kappa shape index (κ1) is 14.9. The second kappa shape index (κ2) is 5.46. The third-order valence-corrected chi connectivity index (χ3v) is 3.18. The van der Waals surface area contributed by atoms with Crippen molar-refractivity contribution in [2.75, 3.05) is 5.32 Å². The maximum Gasteiger partial charge on any atom is 0.418 e. The fraction of sp³-hybridized carbons (Fsp3) is 0.167. The number of nitrogens with one attached hydrogen (secondary N) is 1. The lowest BCUT2D eigenvalue weighted by molar-refractivity contribution is -0.136. The Bertz CT molecular complexity index is 644. The number of aromatic nitrogens is 2. The van der Waals surface area contributed by atoms with Gasteiger partial charge >= 0.3 is 6.18 Å². The molecule has 0 aliphatic rings. The summed E-state index contributed by atoms with van der Waals surface area (Å²) in [5.41, 5.74) is -0.573. The first-order valence-corrected chi connectivity index (χ1v) is 6.15. The lowest BCUT2D eigenvalue weighted by Gasteiger charge is -2.15. The van der Waals surface area contributed by atoms with E-state index >= 15 is 0 Å². The fourth-order valence-electron chi connectivity index (χ4n) is 1.54. The molecule has 1 N–H and O–H groups in total. The van der Waals surface area contributed by atoms with E-state index in [0.717, 1.165) is 6.07 Å². The molecular weight excluding hydrogens is 314 g/mol. The maximum absolute atomic E-state index is 13.0. The van der Waals surface area contributed by atoms with Crippen LogP contribution in [-0.2, 0) is 6.18 Å². The zero-order valence-electron chi connectivity index (χ0n) is 10.1. The van der Waals surface area contributed by atoms with Crippen LogP contribution >= 0.6 is 23.2 Å². The second-order valence-electron chi connectivity index (χ2n) is 3.95. The minimum atomic E-state index is -4.53. The van der Waals surface area contributed by atoms with Crippen LogP contribution in [-0.4, -0.2) is 9.97 Å². The Hall–Kier alpha value is -1.53. The van der Waals surface area contributed by atoms with Gasteiger partial charge in [0.05, 0.1) is 11.3 Å². The van der Waals surface area contributed by atoms with Gasteiger partial charge in [-0.2, -0.15) is 13.2 Å². The summed E-state index contributed by atoms with van der Waals surface area (Å²) in [6, 6.07) is 3.44. The van der Waals surface area contributed by atoms with E-state index in [1.807, 2.05) is 0 Å². The summed E-state index contributed by atoms with van der Waals surface area (Å²) in [6.45, 7) is 1.61. The van der Waals surface area contributed by atoms with E-state index in [9.17, 15) is 13.2 Å². The third kappa shape index (κ3) is 3.13. The summed E-state index contributed by atoms with van der Waals surface area (Å²) in [5, 5.41) is 2.77. The Kier molecular flexibility index (Phi) is 4.06. The highest BCUT2D eigenvalue weighted by molar-refractivity contribution is 6.31. The number of rotatable bonds is 2. The molecule has 0 aliphatic heterocycles. The van der Waals surface area contributed by atoms with Crippen LogP contribution in [0.3, 0.4) is 0 Å². The third-order valence-electron chi connectivity index (χ3n) is 2.56. The largest absolute Gasteiger partial charge is 0.418 e. The number of hydrogen-bond donors (Lipinski definition) is 1. The maximum atomic E-state index is 13.0. The molecule has 0 bridgehead atoms. The highest BCUT2D eigenvalue weighted by Gasteiger charge is 2.34. The number of benzene rings is 1. The van der Waals surface area contributed by atoms with Crippen molar-refractivity contribution in [1.82, 2.24) is 9.97 Å². The molecule has 0 aliphatic carbocycles. The van der Waals surface area contributed by atoms with Crippen LogP contribution in [0, 0.1) is 6.92 Å². The molecule has 0 saturated heterocycles. The Morgan fingerprint density at radius 2 is 1.85 bits per heavy atom. The van der Waals surface area contributed by atoms with E-state index in [1.165, 1.54) is 18.5 Å². The molecule has 20 heavy (non-hydrogen) atoms. The van der Waals surface area contributed by atoms with E-state index in [4.69, 9.17) is 23.2 Å². The first-order valence-electron chi connectivity index (χ1n) is 5.40. The fourth-order valence-corrected chi connectivity index (χ4v) is 1.85. The van der Waals surface area contributed by atoms with Crippen molar-refractivity contribution < 1.29 is 13.2 Å². The Balaban J connectivity index is 2.46. The molecule has 0 radical (unpaired) electrons. The van der Waals surface area contributed by atoms with Gasteiger partial charge < -0.3 is 5.32 Å². The van der Waals surface area contributed by atoms with Crippen molar-refractivity contribution in [3.05, 3.63) is 45.8 Å². The van der Waals surface area contributed by atoms with Crippen LogP contribution in [0.4, 0.5) is 24.7 Å². The molecule has 106 valence electrons. The van der Waals surface area contributed by atoms with E-state index in [2.05, 4.69) is 15.3 Å².